The lowest BCUT2D eigenvalue weighted by atomic mass is 10.2. The van der Waals surface area contributed by atoms with Crippen molar-refractivity contribution in [2.45, 2.75) is 18.9 Å². The van der Waals surface area contributed by atoms with E-state index in [1.54, 1.807) is 17.6 Å². The van der Waals surface area contributed by atoms with Crippen molar-refractivity contribution >= 4 is 23.2 Å². The first kappa shape index (κ1) is 13.4. The summed E-state index contributed by atoms with van der Waals surface area (Å²) < 4.78 is 6.50. The zero-order valence-electron chi connectivity index (χ0n) is 10.7. The summed E-state index contributed by atoms with van der Waals surface area (Å²) in [6.07, 6.45) is 1.81. The Kier molecular flexibility index (Phi) is 4.07. The Balaban J connectivity index is 2.28. The Hall–Kier alpha value is -2.00. The summed E-state index contributed by atoms with van der Waals surface area (Å²) in [6.45, 7) is 4.07. The predicted octanol–water partition coefficient (Wildman–Crippen LogP) is 2.17. The number of ether oxygens (including phenoxy) is 1. The number of rotatable bonds is 4. The predicted molar refractivity (Wildman–Crippen MR) is 72.0 cm³/mol. The lowest BCUT2D eigenvalue weighted by Crippen LogP contribution is -2.06. The third kappa shape index (κ3) is 2.88. The molecule has 0 fully saturated rings. The number of hydrogen-bond acceptors (Lipinski definition) is 5. The minimum absolute atomic E-state index is 0.158. The molecule has 0 aromatic carbocycles. The van der Waals surface area contributed by atoms with E-state index in [4.69, 9.17) is 4.74 Å². The summed E-state index contributed by atoms with van der Waals surface area (Å²) in [5, 5.41) is 14.1. The quantitative estimate of drug-likeness (QED) is 0.632. The molecule has 0 aliphatic rings. The molecule has 0 bridgehead atoms. The van der Waals surface area contributed by atoms with Gasteiger partial charge in [-0.15, -0.1) is 0 Å². The van der Waals surface area contributed by atoms with Crippen molar-refractivity contribution < 1.29 is 9.53 Å². The summed E-state index contributed by atoms with van der Waals surface area (Å²) in [6, 6.07) is 5.97. The Morgan fingerprint density at radius 1 is 1.63 bits per heavy atom. The molecule has 0 spiro atoms. The van der Waals surface area contributed by atoms with Crippen molar-refractivity contribution in [2.24, 2.45) is 0 Å². The highest BCUT2D eigenvalue weighted by molar-refractivity contribution is 7.99. The van der Waals surface area contributed by atoms with Crippen LogP contribution in [0.5, 0.6) is 0 Å². The molecule has 0 atom stereocenters. The third-order valence-corrected chi connectivity index (χ3v) is 3.44. The molecule has 0 saturated carbocycles. The molecule has 0 aliphatic carbocycles. The number of esters is 1. The Morgan fingerprint density at radius 2 is 2.42 bits per heavy atom. The van der Waals surface area contributed by atoms with E-state index in [0.29, 0.717) is 17.2 Å². The van der Waals surface area contributed by atoms with Crippen LogP contribution < -0.4 is 0 Å². The minimum atomic E-state index is -0.301. The van der Waals surface area contributed by atoms with Crippen LogP contribution in [0.15, 0.2) is 23.4 Å². The molecule has 5 nitrogen and oxygen atoms in total. The van der Waals surface area contributed by atoms with Crippen LogP contribution in [0.4, 0.5) is 0 Å². The van der Waals surface area contributed by atoms with Crippen LogP contribution >= 0.6 is 11.8 Å². The normalized spacial score (nSPS) is 10.4. The minimum Gasteiger partial charge on any atom is -0.465 e. The number of nitriles is 1. The summed E-state index contributed by atoms with van der Waals surface area (Å²) in [5.41, 5.74) is 2.32. The maximum absolute atomic E-state index is 11.3. The molecular weight excluding hydrogens is 262 g/mol. The second-order valence-corrected chi connectivity index (χ2v) is 4.88. The SMILES string of the molecule is CCOC(=O)CSc1nn2ccc(C)cc2c1C#N. The molecule has 0 aliphatic heterocycles. The van der Waals surface area contributed by atoms with Crippen molar-refractivity contribution in [2.75, 3.05) is 12.4 Å². The van der Waals surface area contributed by atoms with Crippen molar-refractivity contribution in [3.05, 3.63) is 29.5 Å². The third-order valence-electron chi connectivity index (χ3n) is 2.50. The van der Waals surface area contributed by atoms with Gasteiger partial charge in [-0.25, -0.2) is 4.52 Å². The Morgan fingerprint density at radius 3 is 3.11 bits per heavy atom. The van der Waals surface area contributed by atoms with E-state index >= 15 is 0 Å². The van der Waals surface area contributed by atoms with Gasteiger partial charge in [0.15, 0.2) is 0 Å². The van der Waals surface area contributed by atoms with Crippen LogP contribution in [0.25, 0.3) is 5.52 Å². The first-order chi connectivity index (χ1) is 9.15. The van der Waals surface area contributed by atoms with Gasteiger partial charge in [-0.05, 0) is 31.5 Å². The standard InChI is InChI=1S/C13H13N3O2S/c1-3-18-12(17)8-19-13-10(7-14)11-6-9(2)4-5-16(11)15-13/h4-6H,3,8H2,1-2H3. The van der Waals surface area contributed by atoms with Crippen molar-refractivity contribution in [1.82, 2.24) is 9.61 Å². The van der Waals surface area contributed by atoms with Crippen molar-refractivity contribution in [1.29, 1.82) is 5.26 Å². The number of carbonyl (C=O) groups excluding carboxylic acids is 1. The fraction of sp³-hybridized carbons (Fsp3) is 0.308. The molecule has 19 heavy (non-hydrogen) atoms. The molecule has 0 amide bonds. The van der Waals surface area contributed by atoms with E-state index in [-0.39, 0.29) is 11.7 Å². The smallest absolute Gasteiger partial charge is 0.316 e. The summed E-state index contributed by atoms with van der Waals surface area (Å²) >= 11 is 1.22. The van der Waals surface area contributed by atoms with Crippen LogP contribution in [-0.4, -0.2) is 27.9 Å². The topological polar surface area (TPSA) is 67.4 Å². The lowest BCUT2D eigenvalue weighted by Gasteiger charge is -1.99. The average Bonchev–Trinajstić information content (AvgIpc) is 2.73. The second-order valence-electron chi connectivity index (χ2n) is 3.92. The van der Waals surface area contributed by atoms with E-state index in [9.17, 15) is 10.1 Å². The lowest BCUT2D eigenvalue weighted by molar-refractivity contribution is -0.139. The molecule has 0 N–H and O–H groups in total. The number of nitrogens with zero attached hydrogens (tertiary/aromatic N) is 3. The monoisotopic (exact) mass is 275 g/mol. The molecule has 2 heterocycles. The largest absolute Gasteiger partial charge is 0.465 e. The van der Waals surface area contributed by atoms with Crippen LogP contribution in [0.2, 0.25) is 0 Å². The van der Waals surface area contributed by atoms with E-state index in [2.05, 4.69) is 11.2 Å². The van der Waals surface area contributed by atoms with Crippen LogP contribution in [0, 0.1) is 18.3 Å². The number of fused-ring (bicyclic) bond motifs is 1. The number of aryl methyl sites for hydroxylation is 1. The van der Waals surface area contributed by atoms with Gasteiger partial charge in [0.1, 0.15) is 16.7 Å². The van der Waals surface area contributed by atoms with Gasteiger partial charge in [0.05, 0.1) is 17.9 Å². The van der Waals surface area contributed by atoms with Crippen LogP contribution in [0.1, 0.15) is 18.1 Å². The Labute approximate surface area is 115 Å². The maximum atomic E-state index is 11.3. The number of aromatic nitrogens is 2. The summed E-state index contributed by atoms with van der Waals surface area (Å²) in [5.74, 6) is -0.143. The van der Waals surface area contributed by atoms with Crippen molar-refractivity contribution in [3.63, 3.8) is 0 Å². The number of hydrogen-bond donors (Lipinski definition) is 0. The summed E-state index contributed by atoms with van der Waals surface area (Å²) in [4.78, 5) is 11.3. The fourth-order valence-corrected chi connectivity index (χ4v) is 2.44. The first-order valence-electron chi connectivity index (χ1n) is 5.83. The van der Waals surface area contributed by atoms with Gasteiger partial charge in [0.25, 0.3) is 0 Å². The van der Waals surface area contributed by atoms with E-state index < -0.39 is 0 Å². The van der Waals surface area contributed by atoms with Gasteiger partial charge in [-0.2, -0.15) is 10.4 Å². The molecule has 2 rings (SSSR count). The molecule has 0 radical (unpaired) electrons. The zero-order chi connectivity index (χ0) is 13.8. The average molecular weight is 275 g/mol. The van der Waals surface area contributed by atoms with E-state index in [0.717, 1.165) is 11.1 Å². The van der Waals surface area contributed by atoms with E-state index in [1.165, 1.54) is 11.8 Å². The van der Waals surface area contributed by atoms with Gasteiger partial charge >= 0.3 is 5.97 Å². The molecule has 98 valence electrons. The first-order valence-corrected chi connectivity index (χ1v) is 6.81. The zero-order valence-corrected chi connectivity index (χ0v) is 11.5. The van der Waals surface area contributed by atoms with Gasteiger partial charge < -0.3 is 4.74 Å². The summed E-state index contributed by atoms with van der Waals surface area (Å²) in [7, 11) is 0. The molecule has 2 aromatic rings. The Bertz CT molecular complexity index is 658. The number of carbonyl (C=O) groups is 1. The molecule has 6 heteroatoms. The van der Waals surface area contributed by atoms with Gasteiger partial charge in [-0.3, -0.25) is 4.79 Å². The van der Waals surface area contributed by atoms with Crippen LogP contribution in [-0.2, 0) is 9.53 Å². The van der Waals surface area contributed by atoms with Gasteiger partial charge in [0, 0.05) is 6.20 Å². The highest BCUT2D eigenvalue weighted by Gasteiger charge is 2.14. The van der Waals surface area contributed by atoms with Crippen molar-refractivity contribution in [3.8, 4) is 6.07 Å². The van der Waals surface area contributed by atoms with Gasteiger partial charge in [0.2, 0.25) is 0 Å². The highest BCUT2D eigenvalue weighted by Crippen LogP contribution is 2.25. The van der Waals surface area contributed by atoms with E-state index in [1.807, 2.05) is 19.1 Å². The number of thioether (sulfide) groups is 1. The molecule has 0 saturated heterocycles. The molecule has 0 unspecified atom stereocenters. The maximum Gasteiger partial charge on any atom is 0.316 e. The molecular formula is C13H13N3O2S. The highest BCUT2D eigenvalue weighted by atomic mass is 32.2. The van der Waals surface area contributed by atoms with Crippen LogP contribution in [0.3, 0.4) is 0 Å². The number of pyridine rings is 1. The molecule has 2 aromatic heterocycles. The van der Waals surface area contributed by atoms with Gasteiger partial charge in [-0.1, -0.05) is 11.8 Å². The fourth-order valence-electron chi connectivity index (χ4n) is 1.67. The second kappa shape index (κ2) is 5.76.